The molecule has 8 heteroatoms. The first kappa shape index (κ1) is 19.1. The highest BCUT2D eigenvalue weighted by Crippen LogP contribution is 2.16. The van der Waals surface area contributed by atoms with Crippen molar-refractivity contribution in [1.29, 1.82) is 0 Å². The van der Waals surface area contributed by atoms with Crippen molar-refractivity contribution in [3.05, 3.63) is 41.5 Å². The van der Waals surface area contributed by atoms with Gasteiger partial charge in [0, 0.05) is 31.9 Å². The largest absolute Gasteiger partial charge is 0.462 e. The molecule has 6 nitrogen and oxygen atoms in total. The fourth-order valence-electron chi connectivity index (χ4n) is 2.45. The Bertz CT molecular complexity index is 655. The maximum Gasteiger partial charge on any atom is 0.344 e. The Hall–Kier alpha value is -2.19. The zero-order valence-electron chi connectivity index (χ0n) is 14.4. The Balaban J connectivity index is 2.24. The minimum absolute atomic E-state index is 0.130. The normalized spacial score (nSPS) is 16.2. The number of esters is 1. The second kappa shape index (κ2) is 8.77. The van der Waals surface area contributed by atoms with Crippen LogP contribution in [0.15, 0.2) is 35.7 Å². The summed E-state index contributed by atoms with van der Waals surface area (Å²) < 4.78 is 18.2. The number of likely N-dealkylation sites (N-methyl/N-ethyl adjacent to an activating group) is 1. The van der Waals surface area contributed by atoms with Gasteiger partial charge in [0.1, 0.15) is 22.2 Å². The highest BCUT2D eigenvalue weighted by Gasteiger charge is 2.25. The van der Waals surface area contributed by atoms with Gasteiger partial charge >= 0.3 is 5.97 Å². The number of hydrogen-bond acceptors (Lipinski definition) is 6. The number of ether oxygens (including phenoxy) is 1. The highest BCUT2D eigenvalue weighted by atomic mass is 32.1. The Morgan fingerprint density at radius 2 is 1.88 bits per heavy atom. The lowest BCUT2D eigenvalue weighted by molar-refractivity contribution is -0.138. The number of thiocarbonyl (C=S) groups is 1. The minimum atomic E-state index is -0.571. The number of nitrogens with one attached hydrogen (secondary N) is 1. The highest BCUT2D eigenvalue weighted by molar-refractivity contribution is 7.81. The molecule has 0 amide bonds. The van der Waals surface area contributed by atoms with Crippen LogP contribution in [0.3, 0.4) is 0 Å². The summed E-state index contributed by atoms with van der Waals surface area (Å²) in [5, 5.41) is 2.93. The standard InChI is InChI=1S/C17H23FN4O2S/c1-3-24-17(23)14(15(19)22-10-8-21(2)9-11-22)16(25)20-13-6-4-12(18)5-7-13/h4-7H,3,8-11,19H2,1-2H3,(H,20,25)/b15-14-. The lowest BCUT2D eigenvalue weighted by atomic mass is 10.2. The molecule has 1 aliphatic heterocycles. The zero-order valence-corrected chi connectivity index (χ0v) is 15.2. The second-order valence-electron chi connectivity index (χ2n) is 5.73. The van der Waals surface area contributed by atoms with Gasteiger partial charge in [-0.1, -0.05) is 12.2 Å². The molecule has 0 unspecified atom stereocenters. The maximum absolute atomic E-state index is 13.0. The fraction of sp³-hybridized carbons (Fsp3) is 0.412. The summed E-state index contributed by atoms with van der Waals surface area (Å²) in [5.41, 5.74) is 6.95. The molecule has 1 saturated heterocycles. The molecule has 1 aliphatic rings. The molecule has 1 heterocycles. The molecule has 0 aromatic heterocycles. The number of anilines is 1. The van der Waals surface area contributed by atoms with Crippen LogP contribution in [0.2, 0.25) is 0 Å². The van der Waals surface area contributed by atoms with Crippen LogP contribution in [-0.4, -0.2) is 60.6 Å². The third-order valence-corrected chi connectivity index (χ3v) is 4.21. The number of hydrogen-bond donors (Lipinski definition) is 2. The molecular weight excluding hydrogens is 343 g/mol. The number of benzene rings is 1. The van der Waals surface area contributed by atoms with E-state index in [1.165, 1.54) is 24.3 Å². The van der Waals surface area contributed by atoms with Gasteiger partial charge in [-0.2, -0.15) is 0 Å². The molecule has 136 valence electrons. The van der Waals surface area contributed by atoms with Crippen molar-refractivity contribution in [1.82, 2.24) is 9.80 Å². The van der Waals surface area contributed by atoms with Gasteiger partial charge in [0.05, 0.1) is 6.61 Å². The van der Waals surface area contributed by atoms with Gasteiger partial charge in [-0.15, -0.1) is 0 Å². The molecule has 0 bridgehead atoms. The summed E-state index contributed by atoms with van der Waals surface area (Å²) in [7, 11) is 2.03. The molecule has 1 aromatic carbocycles. The Kier molecular flexibility index (Phi) is 6.72. The fourth-order valence-corrected chi connectivity index (χ4v) is 2.75. The smallest absolute Gasteiger partial charge is 0.344 e. The number of rotatable bonds is 5. The SMILES string of the molecule is CCOC(=O)/C(C(=S)Nc1ccc(F)cc1)=C(/N)N1CCN(C)CC1. The van der Waals surface area contributed by atoms with Crippen molar-refractivity contribution in [2.45, 2.75) is 6.92 Å². The van der Waals surface area contributed by atoms with Crippen molar-refractivity contribution in [3.8, 4) is 0 Å². The Morgan fingerprint density at radius 3 is 2.44 bits per heavy atom. The van der Waals surface area contributed by atoms with E-state index in [2.05, 4.69) is 10.2 Å². The van der Waals surface area contributed by atoms with Crippen LogP contribution in [0, 0.1) is 5.82 Å². The molecule has 0 spiro atoms. The third-order valence-electron chi connectivity index (χ3n) is 3.91. The van der Waals surface area contributed by atoms with Crippen molar-refractivity contribution in [3.63, 3.8) is 0 Å². The van der Waals surface area contributed by atoms with E-state index in [9.17, 15) is 9.18 Å². The van der Waals surface area contributed by atoms with Gasteiger partial charge in [0.25, 0.3) is 0 Å². The van der Waals surface area contributed by atoms with Crippen molar-refractivity contribution < 1.29 is 13.9 Å². The Labute approximate surface area is 152 Å². The summed E-state index contributed by atoms with van der Waals surface area (Å²) in [6, 6.07) is 5.69. The number of carbonyl (C=O) groups is 1. The third kappa shape index (κ3) is 5.14. The van der Waals surface area contributed by atoms with Crippen molar-refractivity contribution in [2.75, 3.05) is 45.2 Å². The average molecular weight is 366 g/mol. The van der Waals surface area contributed by atoms with Crippen molar-refractivity contribution in [2.24, 2.45) is 5.73 Å². The molecule has 0 atom stereocenters. The van der Waals surface area contributed by atoms with E-state index in [4.69, 9.17) is 22.7 Å². The lowest BCUT2D eigenvalue weighted by Crippen LogP contribution is -2.47. The van der Waals surface area contributed by atoms with E-state index in [1.54, 1.807) is 6.92 Å². The van der Waals surface area contributed by atoms with Crippen LogP contribution in [-0.2, 0) is 9.53 Å². The van der Waals surface area contributed by atoms with Crippen LogP contribution >= 0.6 is 12.2 Å². The first-order chi connectivity index (χ1) is 11.9. The van der Waals surface area contributed by atoms with Gasteiger partial charge in [-0.05, 0) is 38.2 Å². The van der Waals surface area contributed by atoms with Gasteiger partial charge < -0.3 is 25.6 Å². The number of nitrogens with two attached hydrogens (primary N) is 1. The summed E-state index contributed by atoms with van der Waals surface area (Å²) in [4.78, 5) is 16.7. The molecule has 1 aromatic rings. The molecule has 1 fully saturated rings. The Morgan fingerprint density at radius 1 is 1.28 bits per heavy atom. The van der Waals surface area contributed by atoms with Crippen LogP contribution in [0.25, 0.3) is 0 Å². The van der Waals surface area contributed by atoms with E-state index in [0.717, 1.165) is 13.1 Å². The summed E-state index contributed by atoms with van der Waals surface area (Å²) in [6.07, 6.45) is 0. The molecule has 0 radical (unpaired) electrons. The predicted octanol–water partition coefficient (Wildman–Crippen LogP) is 1.55. The summed E-state index contributed by atoms with van der Waals surface area (Å²) >= 11 is 5.37. The number of nitrogens with zero attached hydrogens (tertiary/aromatic N) is 2. The number of carbonyl (C=O) groups excluding carboxylic acids is 1. The molecule has 25 heavy (non-hydrogen) atoms. The van der Waals surface area contributed by atoms with Crippen LogP contribution in [0.5, 0.6) is 0 Å². The van der Waals surface area contributed by atoms with Crippen LogP contribution < -0.4 is 11.1 Å². The lowest BCUT2D eigenvalue weighted by Gasteiger charge is -2.34. The molecule has 0 saturated carbocycles. The topological polar surface area (TPSA) is 70.8 Å². The zero-order chi connectivity index (χ0) is 18.4. The van der Waals surface area contributed by atoms with Crippen molar-refractivity contribution >= 4 is 28.9 Å². The number of piperazine rings is 1. The minimum Gasteiger partial charge on any atom is -0.462 e. The van der Waals surface area contributed by atoms with E-state index in [-0.39, 0.29) is 23.0 Å². The van der Waals surface area contributed by atoms with Crippen LogP contribution in [0.4, 0.5) is 10.1 Å². The average Bonchev–Trinajstić information content (AvgIpc) is 2.58. The number of halogens is 1. The van der Waals surface area contributed by atoms with E-state index >= 15 is 0 Å². The molecule has 2 rings (SSSR count). The van der Waals surface area contributed by atoms with Crippen LogP contribution in [0.1, 0.15) is 6.92 Å². The first-order valence-electron chi connectivity index (χ1n) is 8.09. The molecule has 0 aliphatic carbocycles. The summed E-state index contributed by atoms with van der Waals surface area (Å²) in [5.74, 6) is -0.626. The van der Waals surface area contributed by atoms with Gasteiger partial charge in [0.2, 0.25) is 0 Å². The van der Waals surface area contributed by atoms with Gasteiger partial charge in [-0.3, -0.25) is 0 Å². The van der Waals surface area contributed by atoms with Gasteiger partial charge in [0.15, 0.2) is 0 Å². The monoisotopic (exact) mass is 366 g/mol. The quantitative estimate of drug-likeness (QED) is 0.465. The molecular formula is C17H23FN4O2S. The van der Waals surface area contributed by atoms with E-state index in [1.807, 2.05) is 11.9 Å². The van der Waals surface area contributed by atoms with Gasteiger partial charge in [-0.25, -0.2) is 9.18 Å². The maximum atomic E-state index is 13.0. The van der Waals surface area contributed by atoms with E-state index in [0.29, 0.717) is 24.6 Å². The molecule has 3 N–H and O–H groups in total. The second-order valence-corrected chi connectivity index (χ2v) is 6.14. The van der Waals surface area contributed by atoms with E-state index < -0.39 is 5.97 Å². The summed E-state index contributed by atoms with van der Waals surface area (Å²) in [6.45, 7) is 5.02. The predicted molar refractivity (Wildman–Crippen MR) is 99.5 cm³/mol. The first-order valence-corrected chi connectivity index (χ1v) is 8.50.